The van der Waals surface area contributed by atoms with Crippen molar-refractivity contribution in [1.82, 2.24) is 0 Å². The largest absolute Gasteiger partial charge is 0.479 e. The number of rotatable bonds is 1. The molecule has 0 aromatic carbocycles. The zero-order valence-corrected chi connectivity index (χ0v) is 6.69. The molecule has 0 saturated carbocycles. The van der Waals surface area contributed by atoms with Crippen molar-refractivity contribution in [3.8, 4) is 0 Å². The molecule has 3 N–H and O–H groups in total. The van der Waals surface area contributed by atoms with Crippen LogP contribution in [0.1, 0.15) is 0 Å². The van der Waals surface area contributed by atoms with Crippen molar-refractivity contribution in [3.63, 3.8) is 0 Å². The van der Waals surface area contributed by atoms with Gasteiger partial charge in [0.1, 0.15) is 6.10 Å². The van der Waals surface area contributed by atoms with Crippen molar-refractivity contribution in [2.45, 2.75) is 11.7 Å². The second-order valence-corrected chi connectivity index (χ2v) is 2.90. The van der Waals surface area contributed by atoms with Crippen LogP contribution < -0.4 is 0 Å². The van der Waals surface area contributed by atoms with E-state index < -0.39 is 17.7 Å². The van der Waals surface area contributed by atoms with Gasteiger partial charge in [-0.15, -0.1) is 0 Å². The normalized spacial score (nSPS) is 34.6. The predicted octanol–water partition coefficient (Wildman–Crippen LogP) is -0.144. The third-order valence-corrected chi connectivity index (χ3v) is 1.82. The number of carbonyl (C=O) groups is 1. The number of carboxylic acids is 1. The first-order valence-corrected chi connectivity index (χ1v) is 3.55. The van der Waals surface area contributed by atoms with E-state index in [2.05, 4.69) is 0 Å². The summed E-state index contributed by atoms with van der Waals surface area (Å²) in [5.41, 5.74) is -2.30. The number of hydrogen-bond donors (Lipinski definition) is 3. The van der Waals surface area contributed by atoms with Crippen LogP contribution in [0.2, 0.25) is 0 Å². The Labute approximate surface area is 73.4 Å². The molecule has 5 heteroatoms. The average molecular weight is 191 g/mol. The molecule has 66 valence electrons. The highest BCUT2D eigenvalue weighted by Crippen LogP contribution is 2.23. The van der Waals surface area contributed by atoms with Gasteiger partial charge in [0.05, 0.1) is 0 Å². The fraction of sp³-hybridized carbons (Fsp3) is 0.286. The number of carboxylic acid groups (broad SMARTS) is 1. The lowest BCUT2D eigenvalue weighted by Crippen LogP contribution is -2.48. The Hall–Kier alpha value is -0.840. The van der Waals surface area contributed by atoms with Crippen molar-refractivity contribution >= 4 is 17.6 Å². The summed E-state index contributed by atoms with van der Waals surface area (Å²) in [4.78, 5) is 10.5. The zero-order chi connectivity index (χ0) is 9.35. The first kappa shape index (κ1) is 9.25. The lowest BCUT2D eigenvalue weighted by Gasteiger charge is -2.25. The van der Waals surface area contributed by atoms with E-state index in [1.54, 1.807) is 0 Å². The topological polar surface area (TPSA) is 77.8 Å². The first-order chi connectivity index (χ1) is 5.47. The second kappa shape index (κ2) is 2.90. The van der Waals surface area contributed by atoms with Gasteiger partial charge in [0, 0.05) is 5.03 Å². The van der Waals surface area contributed by atoms with Gasteiger partial charge in [0.15, 0.2) is 0 Å². The molecule has 0 aliphatic heterocycles. The van der Waals surface area contributed by atoms with E-state index >= 15 is 0 Å². The fourth-order valence-electron chi connectivity index (χ4n) is 0.862. The maximum atomic E-state index is 10.5. The van der Waals surface area contributed by atoms with E-state index in [-0.39, 0.29) is 5.03 Å². The van der Waals surface area contributed by atoms with Gasteiger partial charge in [-0.1, -0.05) is 17.7 Å². The van der Waals surface area contributed by atoms with E-state index in [4.69, 9.17) is 21.8 Å². The quantitative estimate of drug-likeness (QED) is 0.538. The van der Waals surface area contributed by atoms with Crippen LogP contribution in [0.25, 0.3) is 0 Å². The van der Waals surface area contributed by atoms with Crippen LogP contribution in [0.3, 0.4) is 0 Å². The Balaban J connectivity index is 3.05. The summed E-state index contributed by atoms with van der Waals surface area (Å²) in [6.45, 7) is 0. The van der Waals surface area contributed by atoms with E-state index in [1.807, 2.05) is 0 Å². The first-order valence-electron chi connectivity index (χ1n) is 3.17. The van der Waals surface area contributed by atoms with E-state index in [0.717, 1.165) is 12.2 Å². The minimum Gasteiger partial charge on any atom is -0.479 e. The predicted molar refractivity (Wildman–Crippen MR) is 41.7 cm³/mol. The molecule has 0 saturated heterocycles. The minimum absolute atomic E-state index is 0.0881. The molecule has 0 amide bonds. The number of aliphatic hydroxyl groups excluding tert-OH is 1. The van der Waals surface area contributed by atoms with Crippen LogP contribution >= 0.6 is 11.6 Å². The summed E-state index contributed by atoms with van der Waals surface area (Å²) in [6.07, 6.45) is 1.87. The van der Waals surface area contributed by atoms with Gasteiger partial charge >= 0.3 is 5.97 Å². The highest BCUT2D eigenvalue weighted by Gasteiger charge is 2.42. The molecule has 0 fully saturated rings. The third-order valence-electron chi connectivity index (χ3n) is 1.59. The standard InChI is InChI=1S/C7H7ClO4/c8-4-1-2-5(9)7(12,3-4)6(10)11/h1-3,5,9,12H,(H,10,11)/t5-,7-/m0/s1. The SMILES string of the molecule is O=C(O)[C@]1(O)C=C(Cl)C=C[C@@H]1O. The molecule has 4 nitrogen and oxygen atoms in total. The molecular weight excluding hydrogens is 184 g/mol. The summed E-state index contributed by atoms with van der Waals surface area (Å²) < 4.78 is 0. The summed E-state index contributed by atoms with van der Waals surface area (Å²) in [6, 6.07) is 0. The third kappa shape index (κ3) is 1.36. The van der Waals surface area contributed by atoms with Gasteiger partial charge in [-0.25, -0.2) is 4.79 Å². The van der Waals surface area contributed by atoms with E-state index in [0.29, 0.717) is 0 Å². The average Bonchev–Trinajstić information content (AvgIpc) is 1.97. The molecule has 0 heterocycles. The minimum atomic E-state index is -2.30. The molecule has 12 heavy (non-hydrogen) atoms. The van der Waals surface area contributed by atoms with Crippen LogP contribution in [-0.2, 0) is 4.79 Å². The molecular formula is C7H7ClO4. The summed E-state index contributed by atoms with van der Waals surface area (Å²) in [5.74, 6) is -1.53. The van der Waals surface area contributed by atoms with Crippen molar-refractivity contribution in [3.05, 3.63) is 23.3 Å². The highest BCUT2D eigenvalue weighted by molar-refractivity contribution is 6.31. The number of allylic oxidation sites excluding steroid dienone is 2. The maximum Gasteiger partial charge on any atom is 0.342 e. The molecule has 0 unspecified atom stereocenters. The molecule has 0 spiro atoms. The summed E-state index contributed by atoms with van der Waals surface area (Å²) >= 11 is 5.45. The Morgan fingerprint density at radius 1 is 1.67 bits per heavy atom. The lowest BCUT2D eigenvalue weighted by molar-refractivity contribution is -0.160. The molecule has 1 aliphatic carbocycles. The van der Waals surface area contributed by atoms with E-state index in [9.17, 15) is 9.90 Å². The Morgan fingerprint density at radius 3 is 2.67 bits per heavy atom. The van der Waals surface area contributed by atoms with Crippen molar-refractivity contribution in [1.29, 1.82) is 0 Å². The van der Waals surface area contributed by atoms with Crippen LogP contribution in [0.4, 0.5) is 0 Å². The summed E-state index contributed by atoms with van der Waals surface area (Å²) in [5, 5.41) is 27.0. The van der Waals surface area contributed by atoms with Gasteiger partial charge < -0.3 is 15.3 Å². The number of aliphatic hydroxyl groups is 2. The molecule has 0 radical (unpaired) electrons. The number of halogens is 1. The number of hydrogen-bond acceptors (Lipinski definition) is 3. The summed E-state index contributed by atoms with van der Waals surface area (Å²) in [7, 11) is 0. The van der Waals surface area contributed by atoms with Crippen molar-refractivity contribution in [2.24, 2.45) is 0 Å². The van der Waals surface area contributed by atoms with Crippen LogP contribution in [0, 0.1) is 0 Å². The van der Waals surface area contributed by atoms with E-state index in [1.165, 1.54) is 6.08 Å². The maximum absolute atomic E-state index is 10.5. The highest BCUT2D eigenvalue weighted by atomic mass is 35.5. The lowest BCUT2D eigenvalue weighted by atomic mass is 9.92. The van der Waals surface area contributed by atoms with Crippen molar-refractivity contribution in [2.75, 3.05) is 0 Å². The number of aliphatic carboxylic acids is 1. The Bertz CT molecular complexity index is 271. The van der Waals surface area contributed by atoms with Gasteiger partial charge in [-0.3, -0.25) is 0 Å². The van der Waals surface area contributed by atoms with Gasteiger partial charge in [-0.2, -0.15) is 0 Å². The smallest absolute Gasteiger partial charge is 0.342 e. The Kier molecular flexibility index (Phi) is 2.23. The molecule has 1 aliphatic rings. The second-order valence-electron chi connectivity index (χ2n) is 2.46. The van der Waals surface area contributed by atoms with Crippen LogP contribution in [0.5, 0.6) is 0 Å². The molecule has 0 bridgehead atoms. The fourth-order valence-corrected chi connectivity index (χ4v) is 1.10. The molecule has 1 rings (SSSR count). The molecule has 2 atom stereocenters. The molecule has 0 aromatic rings. The van der Waals surface area contributed by atoms with Crippen molar-refractivity contribution < 1.29 is 20.1 Å². The van der Waals surface area contributed by atoms with Crippen LogP contribution in [0.15, 0.2) is 23.3 Å². The molecule has 0 aromatic heterocycles. The Morgan fingerprint density at radius 2 is 2.25 bits per heavy atom. The van der Waals surface area contributed by atoms with Gasteiger partial charge in [0.2, 0.25) is 5.60 Å². The van der Waals surface area contributed by atoms with Gasteiger partial charge in [0.25, 0.3) is 0 Å². The monoisotopic (exact) mass is 190 g/mol. The van der Waals surface area contributed by atoms with Gasteiger partial charge in [-0.05, 0) is 12.2 Å². The van der Waals surface area contributed by atoms with Crippen LogP contribution in [-0.4, -0.2) is 33.0 Å². The zero-order valence-electron chi connectivity index (χ0n) is 5.94.